The van der Waals surface area contributed by atoms with Gasteiger partial charge in [0.15, 0.2) is 5.76 Å². The van der Waals surface area contributed by atoms with E-state index in [1.54, 1.807) is 0 Å². The molecule has 0 radical (unpaired) electrons. The fourth-order valence-corrected chi connectivity index (χ4v) is 4.72. The van der Waals surface area contributed by atoms with Crippen molar-refractivity contribution in [2.45, 2.75) is 33.0 Å². The summed E-state index contributed by atoms with van der Waals surface area (Å²) in [4.78, 5) is 15.1. The number of hydrogen-bond donors (Lipinski definition) is 0. The minimum absolute atomic E-state index is 0.0244. The number of fused-ring (bicyclic) bond motifs is 6. The summed E-state index contributed by atoms with van der Waals surface area (Å²) in [6, 6.07) is 4.14. The minimum Gasteiger partial charge on any atom is -0.450 e. The molecular formula is C20H21NO3. The fourth-order valence-electron chi connectivity index (χ4n) is 4.72. The number of amides is 1. The van der Waals surface area contributed by atoms with Crippen LogP contribution in [-0.4, -0.2) is 36.1 Å². The summed E-state index contributed by atoms with van der Waals surface area (Å²) in [5.41, 5.74) is 4.04. The Balaban J connectivity index is 1.50. The number of nitrogens with zero attached hydrogens (tertiary/aromatic N) is 1. The van der Waals surface area contributed by atoms with Crippen molar-refractivity contribution in [3.63, 3.8) is 0 Å². The molecule has 2 saturated heterocycles. The predicted octanol–water partition coefficient (Wildman–Crippen LogP) is 3.38. The van der Waals surface area contributed by atoms with Crippen LogP contribution in [0.25, 0.3) is 11.0 Å². The standard InChI is InChI=1S/C20H21NO3/c1-10-4-5-11(2)18-17(10)12(3)19(24-18)20(22)21-8-13-14(9-21)16-7-6-15(13)23-16/h4-7,13-16H,8-9H2,1-3H3/t13-,14+,15-,16-/m1/s1. The van der Waals surface area contributed by atoms with Gasteiger partial charge < -0.3 is 14.1 Å². The molecule has 1 amide bonds. The molecule has 3 aliphatic heterocycles. The molecule has 4 nitrogen and oxygen atoms in total. The van der Waals surface area contributed by atoms with Gasteiger partial charge >= 0.3 is 0 Å². The molecular weight excluding hydrogens is 302 g/mol. The first-order valence-corrected chi connectivity index (χ1v) is 8.67. The van der Waals surface area contributed by atoms with Crippen molar-refractivity contribution in [2.24, 2.45) is 11.8 Å². The summed E-state index contributed by atoms with van der Waals surface area (Å²) in [5, 5.41) is 1.09. The zero-order valence-corrected chi connectivity index (χ0v) is 14.2. The summed E-state index contributed by atoms with van der Waals surface area (Å²) in [5.74, 6) is 1.41. The summed E-state index contributed by atoms with van der Waals surface area (Å²) < 4.78 is 11.9. The van der Waals surface area contributed by atoms with Crippen molar-refractivity contribution < 1.29 is 13.9 Å². The van der Waals surface area contributed by atoms with Crippen LogP contribution in [0.3, 0.4) is 0 Å². The molecule has 2 bridgehead atoms. The van der Waals surface area contributed by atoms with Crippen molar-refractivity contribution >= 4 is 16.9 Å². The van der Waals surface area contributed by atoms with Crippen molar-refractivity contribution in [3.05, 3.63) is 46.7 Å². The maximum atomic E-state index is 13.1. The molecule has 124 valence electrons. The van der Waals surface area contributed by atoms with Crippen LogP contribution in [0.15, 0.2) is 28.7 Å². The minimum atomic E-state index is 0.0244. The lowest BCUT2D eigenvalue weighted by molar-refractivity contribution is 0.0633. The summed E-state index contributed by atoms with van der Waals surface area (Å²) >= 11 is 0. The van der Waals surface area contributed by atoms with Gasteiger partial charge in [0.2, 0.25) is 0 Å². The topological polar surface area (TPSA) is 42.7 Å². The van der Waals surface area contributed by atoms with Crippen LogP contribution in [-0.2, 0) is 4.74 Å². The zero-order valence-electron chi connectivity index (χ0n) is 14.2. The molecule has 0 saturated carbocycles. The number of aryl methyl sites for hydroxylation is 3. The second-order valence-corrected chi connectivity index (χ2v) is 7.45. The molecule has 4 heteroatoms. The molecule has 2 fully saturated rings. The largest absolute Gasteiger partial charge is 0.450 e. The number of rotatable bonds is 1. The highest BCUT2D eigenvalue weighted by molar-refractivity contribution is 6.00. The molecule has 0 N–H and O–H groups in total. The number of carbonyl (C=O) groups excluding carboxylic acids is 1. The Morgan fingerprint density at radius 2 is 1.67 bits per heavy atom. The first kappa shape index (κ1) is 14.3. The molecule has 2 aromatic rings. The van der Waals surface area contributed by atoms with E-state index in [0.717, 1.165) is 40.7 Å². The highest BCUT2D eigenvalue weighted by Crippen LogP contribution is 2.44. The Bertz CT molecular complexity index is 874. The third kappa shape index (κ3) is 1.75. The lowest BCUT2D eigenvalue weighted by atomic mass is 9.86. The Labute approximate surface area is 141 Å². The van der Waals surface area contributed by atoms with Gasteiger partial charge in [0.05, 0.1) is 12.2 Å². The van der Waals surface area contributed by atoms with E-state index in [-0.39, 0.29) is 18.1 Å². The van der Waals surface area contributed by atoms with E-state index < -0.39 is 0 Å². The second kappa shape index (κ2) is 4.73. The molecule has 4 heterocycles. The maximum absolute atomic E-state index is 13.1. The van der Waals surface area contributed by atoms with Gasteiger partial charge in [0.1, 0.15) is 5.58 Å². The van der Waals surface area contributed by atoms with Gasteiger partial charge in [-0.2, -0.15) is 0 Å². The molecule has 1 aromatic carbocycles. The van der Waals surface area contributed by atoms with Gasteiger partial charge in [-0.15, -0.1) is 0 Å². The summed E-state index contributed by atoms with van der Waals surface area (Å²) in [6.45, 7) is 7.63. The van der Waals surface area contributed by atoms with Crippen molar-refractivity contribution in [1.29, 1.82) is 0 Å². The first-order chi connectivity index (χ1) is 11.5. The Kier molecular flexibility index (Phi) is 2.82. The zero-order chi connectivity index (χ0) is 16.6. The molecule has 0 spiro atoms. The number of furan rings is 1. The average Bonchev–Trinajstić information content (AvgIpc) is 3.30. The van der Waals surface area contributed by atoms with E-state index in [2.05, 4.69) is 31.2 Å². The average molecular weight is 323 g/mol. The molecule has 3 aliphatic rings. The molecule has 0 unspecified atom stereocenters. The summed E-state index contributed by atoms with van der Waals surface area (Å²) in [7, 11) is 0. The molecule has 4 atom stereocenters. The van der Waals surface area contributed by atoms with E-state index in [1.807, 2.05) is 18.7 Å². The van der Waals surface area contributed by atoms with Gasteiger partial charge in [0, 0.05) is 35.9 Å². The molecule has 5 rings (SSSR count). The van der Waals surface area contributed by atoms with Gasteiger partial charge in [-0.3, -0.25) is 4.79 Å². The Morgan fingerprint density at radius 3 is 2.29 bits per heavy atom. The molecule has 24 heavy (non-hydrogen) atoms. The molecule has 0 aliphatic carbocycles. The third-order valence-corrected chi connectivity index (χ3v) is 6.03. The lowest BCUT2D eigenvalue weighted by Crippen LogP contribution is -2.31. The maximum Gasteiger partial charge on any atom is 0.289 e. The van der Waals surface area contributed by atoms with Crippen LogP contribution >= 0.6 is 0 Å². The Hall–Kier alpha value is -2.07. The summed E-state index contributed by atoms with van der Waals surface area (Å²) in [6.07, 6.45) is 4.69. The lowest BCUT2D eigenvalue weighted by Gasteiger charge is -2.18. The second-order valence-electron chi connectivity index (χ2n) is 7.45. The SMILES string of the molecule is Cc1ccc(C)c2c(C)c(C(=O)N3C[C@@H]4[C@H](C3)[C@H]3C=C[C@H]4O3)oc12. The number of ether oxygens (including phenoxy) is 1. The fraction of sp³-hybridized carbons (Fsp3) is 0.450. The van der Waals surface area contributed by atoms with Gasteiger partial charge in [-0.1, -0.05) is 24.3 Å². The highest BCUT2D eigenvalue weighted by atomic mass is 16.5. The van der Waals surface area contributed by atoms with E-state index in [9.17, 15) is 4.79 Å². The van der Waals surface area contributed by atoms with E-state index >= 15 is 0 Å². The van der Waals surface area contributed by atoms with Crippen LogP contribution in [0.2, 0.25) is 0 Å². The predicted molar refractivity (Wildman–Crippen MR) is 91.1 cm³/mol. The van der Waals surface area contributed by atoms with Gasteiger partial charge in [-0.25, -0.2) is 0 Å². The smallest absolute Gasteiger partial charge is 0.289 e. The van der Waals surface area contributed by atoms with Gasteiger partial charge in [-0.05, 0) is 31.9 Å². The van der Waals surface area contributed by atoms with Crippen LogP contribution in [0.4, 0.5) is 0 Å². The number of hydrogen-bond acceptors (Lipinski definition) is 3. The van der Waals surface area contributed by atoms with Crippen LogP contribution in [0, 0.1) is 32.6 Å². The van der Waals surface area contributed by atoms with E-state index in [0.29, 0.717) is 17.6 Å². The number of benzene rings is 1. The van der Waals surface area contributed by atoms with Crippen LogP contribution in [0.1, 0.15) is 27.2 Å². The Morgan fingerprint density at radius 1 is 1.04 bits per heavy atom. The normalized spacial score (nSPS) is 30.5. The van der Waals surface area contributed by atoms with Crippen molar-refractivity contribution in [2.75, 3.05) is 13.1 Å². The van der Waals surface area contributed by atoms with Gasteiger partial charge in [0.25, 0.3) is 5.91 Å². The first-order valence-electron chi connectivity index (χ1n) is 8.67. The van der Waals surface area contributed by atoms with Crippen LogP contribution < -0.4 is 0 Å². The van der Waals surface area contributed by atoms with E-state index in [4.69, 9.17) is 9.15 Å². The van der Waals surface area contributed by atoms with Crippen molar-refractivity contribution in [3.8, 4) is 0 Å². The van der Waals surface area contributed by atoms with E-state index in [1.165, 1.54) is 0 Å². The monoisotopic (exact) mass is 323 g/mol. The quantitative estimate of drug-likeness (QED) is 0.756. The van der Waals surface area contributed by atoms with Crippen molar-refractivity contribution in [1.82, 2.24) is 4.90 Å². The number of likely N-dealkylation sites (tertiary alicyclic amines) is 1. The highest BCUT2D eigenvalue weighted by Gasteiger charge is 2.51. The number of carbonyl (C=O) groups is 1. The van der Waals surface area contributed by atoms with Crippen LogP contribution in [0.5, 0.6) is 0 Å². The third-order valence-electron chi connectivity index (χ3n) is 6.03. The molecule has 1 aromatic heterocycles.